The van der Waals surface area contributed by atoms with Crippen LogP contribution in [0.1, 0.15) is 10.4 Å². The summed E-state index contributed by atoms with van der Waals surface area (Å²) in [6.07, 6.45) is 0.820. The number of hydrogen-bond acceptors (Lipinski definition) is 3. The summed E-state index contributed by atoms with van der Waals surface area (Å²) < 4.78 is 0. The van der Waals surface area contributed by atoms with E-state index < -0.39 is 0 Å². The van der Waals surface area contributed by atoms with Gasteiger partial charge >= 0.3 is 0 Å². The highest BCUT2D eigenvalue weighted by Crippen LogP contribution is 2.22. The van der Waals surface area contributed by atoms with Gasteiger partial charge in [0.2, 0.25) is 0 Å². The fraction of sp³-hybridized carbons (Fsp3) is 0. The van der Waals surface area contributed by atoms with Gasteiger partial charge in [-0.1, -0.05) is 12.1 Å². The number of aldehydes is 1. The Morgan fingerprint density at radius 1 is 1.17 bits per heavy atom. The van der Waals surface area contributed by atoms with Crippen LogP contribution in [0.5, 0.6) is 0 Å². The van der Waals surface area contributed by atoms with Gasteiger partial charge in [-0.25, -0.2) is 4.98 Å². The number of nitrogens with one attached hydrogen (secondary N) is 1. The molecule has 3 aromatic rings. The second-order valence-electron chi connectivity index (χ2n) is 4.11. The molecule has 0 fully saturated rings. The molecule has 0 amide bonds. The zero-order valence-electron chi connectivity index (χ0n) is 9.55. The van der Waals surface area contributed by atoms with Gasteiger partial charge in [-0.2, -0.15) is 0 Å². The average Bonchev–Trinajstić information content (AvgIpc) is 2.81. The summed E-state index contributed by atoms with van der Waals surface area (Å²) in [5.41, 5.74) is 9.68. The number of carbonyl (C=O) groups excluding carboxylic acids is 1. The molecule has 3 rings (SSSR count). The van der Waals surface area contributed by atoms with Crippen molar-refractivity contribution in [1.29, 1.82) is 0 Å². The van der Waals surface area contributed by atoms with Crippen molar-refractivity contribution in [3.8, 4) is 11.4 Å². The first-order valence-corrected chi connectivity index (χ1v) is 5.57. The van der Waals surface area contributed by atoms with Crippen molar-refractivity contribution >= 4 is 23.0 Å². The van der Waals surface area contributed by atoms with Crippen molar-refractivity contribution in [3.63, 3.8) is 0 Å². The number of nitrogens with two attached hydrogens (primary N) is 1. The molecule has 0 aliphatic rings. The van der Waals surface area contributed by atoms with Gasteiger partial charge in [0.25, 0.3) is 0 Å². The van der Waals surface area contributed by atoms with Crippen molar-refractivity contribution in [2.45, 2.75) is 0 Å². The molecule has 1 heterocycles. The second-order valence-corrected chi connectivity index (χ2v) is 4.11. The number of aromatic nitrogens is 2. The number of carbonyl (C=O) groups is 1. The molecule has 0 aliphatic heterocycles. The molecule has 0 saturated carbocycles. The van der Waals surface area contributed by atoms with Crippen molar-refractivity contribution in [1.82, 2.24) is 9.97 Å². The quantitative estimate of drug-likeness (QED) is 0.531. The van der Waals surface area contributed by atoms with E-state index in [0.717, 1.165) is 28.7 Å². The Hall–Kier alpha value is -2.62. The summed E-state index contributed by atoms with van der Waals surface area (Å²) in [7, 11) is 0. The highest BCUT2D eigenvalue weighted by molar-refractivity contribution is 5.86. The van der Waals surface area contributed by atoms with Crippen LogP contribution in [0.25, 0.3) is 22.4 Å². The maximum absolute atomic E-state index is 10.7. The molecule has 2 aromatic carbocycles. The number of rotatable bonds is 2. The molecular weight excluding hydrogens is 226 g/mol. The van der Waals surface area contributed by atoms with Crippen LogP contribution in [-0.4, -0.2) is 16.3 Å². The summed E-state index contributed by atoms with van der Waals surface area (Å²) >= 11 is 0. The fourth-order valence-corrected chi connectivity index (χ4v) is 1.92. The predicted molar refractivity (Wildman–Crippen MR) is 71.3 cm³/mol. The summed E-state index contributed by atoms with van der Waals surface area (Å²) in [4.78, 5) is 18.4. The lowest BCUT2D eigenvalue weighted by atomic mass is 10.2. The Morgan fingerprint density at radius 3 is 2.83 bits per heavy atom. The van der Waals surface area contributed by atoms with Crippen LogP contribution in [-0.2, 0) is 0 Å². The number of aromatic amines is 1. The first kappa shape index (κ1) is 10.5. The molecule has 0 atom stereocenters. The Labute approximate surface area is 103 Å². The third-order valence-electron chi connectivity index (χ3n) is 2.80. The zero-order valence-corrected chi connectivity index (χ0v) is 9.55. The maximum Gasteiger partial charge on any atom is 0.150 e. The van der Waals surface area contributed by atoms with Crippen LogP contribution in [0.3, 0.4) is 0 Å². The summed E-state index contributed by atoms with van der Waals surface area (Å²) in [5, 5.41) is 0. The third kappa shape index (κ3) is 1.73. The van der Waals surface area contributed by atoms with Crippen molar-refractivity contribution in [2.24, 2.45) is 0 Å². The van der Waals surface area contributed by atoms with Crippen LogP contribution in [0, 0.1) is 0 Å². The number of H-pyrrole nitrogens is 1. The minimum atomic E-state index is 0.630. The molecule has 0 aliphatic carbocycles. The number of hydrogen-bond donors (Lipinski definition) is 2. The molecular formula is C14H11N3O. The second kappa shape index (κ2) is 4.00. The largest absolute Gasteiger partial charge is 0.399 e. The molecule has 0 bridgehead atoms. The van der Waals surface area contributed by atoms with Crippen LogP contribution in [0.4, 0.5) is 5.69 Å². The Balaban J connectivity index is 2.16. The van der Waals surface area contributed by atoms with E-state index in [4.69, 9.17) is 5.73 Å². The van der Waals surface area contributed by atoms with E-state index in [9.17, 15) is 4.79 Å². The SMILES string of the molecule is Nc1cccc(-c2nc3ccc(C=O)cc3[nH]2)c1. The highest BCUT2D eigenvalue weighted by Gasteiger charge is 2.05. The first-order chi connectivity index (χ1) is 8.76. The number of fused-ring (bicyclic) bond motifs is 1. The predicted octanol–water partition coefficient (Wildman–Crippen LogP) is 2.62. The minimum absolute atomic E-state index is 0.630. The van der Waals surface area contributed by atoms with E-state index >= 15 is 0 Å². The maximum atomic E-state index is 10.7. The smallest absolute Gasteiger partial charge is 0.150 e. The lowest BCUT2D eigenvalue weighted by molar-refractivity contribution is 0.112. The number of benzene rings is 2. The van der Waals surface area contributed by atoms with E-state index in [1.54, 1.807) is 12.1 Å². The molecule has 0 radical (unpaired) electrons. The molecule has 88 valence electrons. The number of nitrogens with zero attached hydrogens (tertiary/aromatic N) is 1. The zero-order chi connectivity index (χ0) is 12.5. The Bertz CT molecular complexity index is 731. The summed E-state index contributed by atoms with van der Waals surface area (Å²) in [6, 6.07) is 12.9. The van der Waals surface area contributed by atoms with Crippen molar-refractivity contribution in [2.75, 3.05) is 5.73 Å². The van der Waals surface area contributed by atoms with Gasteiger partial charge < -0.3 is 10.7 Å². The van der Waals surface area contributed by atoms with Crippen molar-refractivity contribution in [3.05, 3.63) is 48.0 Å². The van der Waals surface area contributed by atoms with Crippen LogP contribution < -0.4 is 5.73 Å². The standard InChI is InChI=1S/C14H11N3O/c15-11-3-1-2-10(7-11)14-16-12-5-4-9(8-18)6-13(12)17-14/h1-8H,15H2,(H,16,17). The minimum Gasteiger partial charge on any atom is -0.399 e. The summed E-state index contributed by atoms with van der Waals surface area (Å²) in [5.74, 6) is 0.750. The van der Waals surface area contributed by atoms with E-state index in [0.29, 0.717) is 11.3 Å². The number of imidazole rings is 1. The van der Waals surface area contributed by atoms with Gasteiger partial charge in [0.05, 0.1) is 11.0 Å². The molecule has 0 unspecified atom stereocenters. The van der Waals surface area contributed by atoms with Gasteiger partial charge in [-0.05, 0) is 30.3 Å². The Kier molecular flexibility index (Phi) is 2.34. The fourth-order valence-electron chi connectivity index (χ4n) is 1.92. The normalized spacial score (nSPS) is 10.7. The monoisotopic (exact) mass is 237 g/mol. The van der Waals surface area contributed by atoms with Gasteiger partial charge in [0, 0.05) is 16.8 Å². The average molecular weight is 237 g/mol. The molecule has 0 saturated heterocycles. The molecule has 4 nitrogen and oxygen atoms in total. The summed E-state index contributed by atoms with van der Waals surface area (Å²) in [6.45, 7) is 0. The van der Waals surface area contributed by atoms with E-state index in [-0.39, 0.29) is 0 Å². The Morgan fingerprint density at radius 2 is 2.06 bits per heavy atom. The van der Waals surface area contributed by atoms with E-state index in [1.807, 2.05) is 30.3 Å². The van der Waals surface area contributed by atoms with Crippen LogP contribution in [0.2, 0.25) is 0 Å². The topological polar surface area (TPSA) is 71.8 Å². The molecule has 3 N–H and O–H groups in total. The van der Waals surface area contributed by atoms with Crippen molar-refractivity contribution < 1.29 is 4.79 Å². The van der Waals surface area contributed by atoms with Gasteiger partial charge in [-0.15, -0.1) is 0 Å². The first-order valence-electron chi connectivity index (χ1n) is 5.57. The van der Waals surface area contributed by atoms with E-state index in [1.165, 1.54) is 0 Å². The van der Waals surface area contributed by atoms with Gasteiger partial charge in [0.15, 0.2) is 0 Å². The van der Waals surface area contributed by atoms with Gasteiger partial charge in [0.1, 0.15) is 12.1 Å². The number of nitrogen functional groups attached to an aromatic ring is 1. The molecule has 4 heteroatoms. The molecule has 0 spiro atoms. The van der Waals surface area contributed by atoms with Gasteiger partial charge in [-0.3, -0.25) is 4.79 Å². The molecule has 18 heavy (non-hydrogen) atoms. The lowest BCUT2D eigenvalue weighted by Crippen LogP contribution is -1.86. The van der Waals surface area contributed by atoms with Crippen LogP contribution in [0.15, 0.2) is 42.5 Å². The van der Waals surface area contributed by atoms with E-state index in [2.05, 4.69) is 9.97 Å². The number of anilines is 1. The third-order valence-corrected chi connectivity index (χ3v) is 2.80. The lowest BCUT2D eigenvalue weighted by Gasteiger charge is -1.97. The van der Waals surface area contributed by atoms with Crippen LogP contribution >= 0.6 is 0 Å². The molecule has 1 aromatic heterocycles. The highest BCUT2D eigenvalue weighted by atomic mass is 16.1.